The highest BCUT2D eigenvalue weighted by atomic mass is 16.2. The molecule has 120 valence electrons. The second kappa shape index (κ2) is 5.18. The molecule has 2 bridgehead atoms. The minimum absolute atomic E-state index is 0.104. The second-order valence-corrected chi connectivity index (χ2v) is 7.19. The van der Waals surface area contributed by atoms with Gasteiger partial charge in [0.2, 0.25) is 23.6 Å². The van der Waals surface area contributed by atoms with E-state index in [1.54, 1.807) is 0 Å². The van der Waals surface area contributed by atoms with Gasteiger partial charge in [-0.05, 0) is 18.8 Å². The predicted molar refractivity (Wildman–Crippen MR) is 77.2 cm³/mol. The van der Waals surface area contributed by atoms with Crippen LogP contribution in [-0.2, 0) is 19.2 Å². The zero-order valence-electron chi connectivity index (χ0n) is 13.1. The molecule has 2 aliphatic heterocycles. The molecule has 3 aliphatic rings. The van der Waals surface area contributed by atoms with E-state index in [4.69, 9.17) is 0 Å². The number of nitrogens with zero attached hydrogens (tertiary/aromatic N) is 1. The Labute approximate surface area is 129 Å². The molecule has 1 spiro atoms. The number of rotatable bonds is 2. The molecule has 0 aromatic carbocycles. The number of piperidine rings is 2. The van der Waals surface area contributed by atoms with E-state index in [1.165, 1.54) is 0 Å². The minimum atomic E-state index is -0.882. The Morgan fingerprint density at radius 1 is 1.00 bits per heavy atom. The largest absolute Gasteiger partial charge is 0.295 e. The molecule has 2 heterocycles. The number of amides is 4. The highest BCUT2D eigenvalue weighted by Gasteiger charge is 2.65. The summed E-state index contributed by atoms with van der Waals surface area (Å²) >= 11 is 0. The van der Waals surface area contributed by atoms with Crippen LogP contribution in [0.2, 0.25) is 0 Å². The van der Waals surface area contributed by atoms with Gasteiger partial charge in [0.25, 0.3) is 0 Å². The fourth-order valence-corrected chi connectivity index (χ4v) is 4.42. The summed E-state index contributed by atoms with van der Waals surface area (Å²) in [6.07, 6.45) is 3.95. The van der Waals surface area contributed by atoms with Crippen molar-refractivity contribution in [2.24, 2.45) is 23.2 Å². The van der Waals surface area contributed by atoms with Crippen molar-refractivity contribution in [2.75, 3.05) is 6.54 Å². The van der Waals surface area contributed by atoms with Gasteiger partial charge in [-0.15, -0.1) is 0 Å². The number of imide groups is 2. The molecule has 2 saturated heterocycles. The predicted octanol–water partition coefficient (Wildman–Crippen LogP) is 0.850. The van der Waals surface area contributed by atoms with Gasteiger partial charge in [-0.25, -0.2) is 0 Å². The molecule has 4 amide bonds. The number of hydrogen-bond donors (Lipinski definition) is 1. The van der Waals surface area contributed by atoms with Crippen LogP contribution in [0.5, 0.6) is 0 Å². The van der Waals surface area contributed by atoms with Crippen LogP contribution in [0, 0.1) is 23.2 Å². The van der Waals surface area contributed by atoms with Gasteiger partial charge in [0.15, 0.2) is 0 Å². The van der Waals surface area contributed by atoms with Crippen LogP contribution in [0.25, 0.3) is 0 Å². The average molecular weight is 306 g/mol. The quantitative estimate of drug-likeness (QED) is 0.605. The SMILES string of the molecule is CC(C)CN1C(=O)[C@H]2C(=O)NC(=O)[C@@H](C1=O)C21CCCCC1. The zero-order valence-corrected chi connectivity index (χ0v) is 13.1. The lowest BCUT2D eigenvalue weighted by molar-refractivity contribution is -0.181. The van der Waals surface area contributed by atoms with Crippen molar-refractivity contribution in [3.63, 3.8) is 0 Å². The summed E-state index contributed by atoms with van der Waals surface area (Å²) < 4.78 is 0. The van der Waals surface area contributed by atoms with Crippen LogP contribution in [-0.4, -0.2) is 35.1 Å². The van der Waals surface area contributed by atoms with E-state index < -0.39 is 40.9 Å². The van der Waals surface area contributed by atoms with Crippen molar-refractivity contribution < 1.29 is 19.2 Å². The molecule has 6 nitrogen and oxygen atoms in total. The van der Waals surface area contributed by atoms with Crippen LogP contribution in [0.1, 0.15) is 46.0 Å². The van der Waals surface area contributed by atoms with Crippen molar-refractivity contribution >= 4 is 23.6 Å². The Kier molecular flexibility index (Phi) is 3.57. The van der Waals surface area contributed by atoms with E-state index in [1.807, 2.05) is 13.8 Å². The summed E-state index contributed by atoms with van der Waals surface area (Å²) in [6, 6.07) is 0. The monoisotopic (exact) mass is 306 g/mol. The number of likely N-dealkylation sites (tertiary alicyclic amines) is 1. The van der Waals surface area contributed by atoms with Crippen LogP contribution in [0.15, 0.2) is 0 Å². The average Bonchev–Trinajstić information content (AvgIpc) is 2.43. The first-order chi connectivity index (χ1) is 10.4. The molecule has 3 fully saturated rings. The molecule has 22 heavy (non-hydrogen) atoms. The van der Waals surface area contributed by atoms with Crippen molar-refractivity contribution in [1.29, 1.82) is 0 Å². The van der Waals surface area contributed by atoms with Gasteiger partial charge >= 0.3 is 0 Å². The maximum atomic E-state index is 12.8. The van der Waals surface area contributed by atoms with Crippen LogP contribution in [0.3, 0.4) is 0 Å². The van der Waals surface area contributed by atoms with E-state index >= 15 is 0 Å². The van der Waals surface area contributed by atoms with Crippen LogP contribution in [0.4, 0.5) is 0 Å². The lowest BCUT2D eigenvalue weighted by Crippen LogP contribution is -2.71. The Morgan fingerprint density at radius 2 is 1.50 bits per heavy atom. The van der Waals surface area contributed by atoms with Gasteiger partial charge in [-0.3, -0.25) is 29.4 Å². The third-order valence-corrected chi connectivity index (χ3v) is 5.28. The minimum Gasteiger partial charge on any atom is -0.295 e. The molecule has 0 aromatic rings. The Morgan fingerprint density at radius 3 is 1.95 bits per heavy atom. The van der Waals surface area contributed by atoms with Crippen molar-refractivity contribution in [1.82, 2.24) is 10.2 Å². The van der Waals surface area contributed by atoms with Crippen LogP contribution < -0.4 is 5.32 Å². The van der Waals surface area contributed by atoms with Gasteiger partial charge in [0.1, 0.15) is 11.8 Å². The fourth-order valence-electron chi connectivity index (χ4n) is 4.42. The Balaban J connectivity index is 2.07. The van der Waals surface area contributed by atoms with Crippen molar-refractivity contribution in [2.45, 2.75) is 46.0 Å². The highest BCUT2D eigenvalue weighted by Crippen LogP contribution is 2.54. The Hall–Kier alpha value is -1.72. The topological polar surface area (TPSA) is 83.6 Å². The third-order valence-electron chi connectivity index (χ3n) is 5.28. The molecular weight excluding hydrogens is 284 g/mol. The number of carbonyl (C=O) groups is 4. The van der Waals surface area contributed by atoms with Gasteiger partial charge in [0, 0.05) is 12.0 Å². The molecule has 6 heteroatoms. The van der Waals surface area contributed by atoms with Gasteiger partial charge in [-0.1, -0.05) is 33.1 Å². The maximum Gasteiger partial charge on any atom is 0.242 e. The number of nitrogens with one attached hydrogen (secondary N) is 1. The maximum absolute atomic E-state index is 12.8. The normalized spacial score (nSPS) is 31.0. The van der Waals surface area contributed by atoms with Crippen molar-refractivity contribution in [3.8, 4) is 0 Å². The lowest BCUT2D eigenvalue weighted by Gasteiger charge is -2.53. The Bertz CT molecular complexity index is 512. The molecule has 2 atom stereocenters. The highest BCUT2D eigenvalue weighted by molar-refractivity contribution is 6.22. The first-order valence-corrected chi connectivity index (χ1v) is 8.08. The summed E-state index contributed by atoms with van der Waals surface area (Å²) in [5, 5.41) is 2.24. The smallest absolute Gasteiger partial charge is 0.242 e. The molecule has 1 aliphatic carbocycles. The van der Waals surface area contributed by atoms with Crippen LogP contribution >= 0.6 is 0 Å². The lowest BCUT2D eigenvalue weighted by atomic mass is 9.54. The summed E-state index contributed by atoms with van der Waals surface area (Å²) in [4.78, 5) is 51.5. The molecule has 1 saturated carbocycles. The summed E-state index contributed by atoms with van der Waals surface area (Å²) in [6.45, 7) is 4.08. The number of hydrogen-bond acceptors (Lipinski definition) is 4. The summed E-state index contributed by atoms with van der Waals surface area (Å²) in [5.41, 5.74) is -0.778. The fraction of sp³-hybridized carbons (Fsp3) is 0.750. The van der Waals surface area contributed by atoms with E-state index in [-0.39, 0.29) is 12.5 Å². The van der Waals surface area contributed by atoms with E-state index in [0.717, 1.165) is 24.2 Å². The van der Waals surface area contributed by atoms with Crippen molar-refractivity contribution in [3.05, 3.63) is 0 Å². The summed E-state index contributed by atoms with van der Waals surface area (Å²) in [7, 11) is 0. The van der Waals surface area contributed by atoms with Gasteiger partial charge in [0.05, 0.1) is 0 Å². The molecule has 0 radical (unpaired) electrons. The molecule has 0 unspecified atom stereocenters. The van der Waals surface area contributed by atoms with Gasteiger partial charge < -0.3 is 0 Å². The molecule has 0 aromatic heterocycles. The first kappa shape index (κ1) is 15.2. The second-order valence-electron chi connectivity index (χ2n) is 7.19. The standard InChI is InChI=1S/C16H22N2O4/c1-9(2)8-18-14(21)10-12(19)17-13(20)11(15(18)22)16(10)6-4-3-5-7-16/h9-11H,3-8H2,1-2H3,(H,17,19,20)/t10-,11+. The molecule has 3 rings (SSSR count). The number of carbonyl (C=O) groups excluding carboxylic acids is 4. The van der Waals surface area contributed by atoms with E-state index in [9.17, 15) is 19.2 Å². The third kappa shape index (κ3) is 2.00. The van der Waals surface area contributed by atoms with E-state index in [0.29, 0.717) is 12.8 Å². The zero-order chi connectivity index (χ0) is 16.1. The van der Waals surface area contributed by atoms with Gasteiger partial charge in [-0.2, -0.15) is 0 Å². The van der Waals surface area contributed by atoms with E-state index in [2.05, 4.69) is 5.32 Å². The summed E-state index contributed by atoms with van der Waals surface area (Å²) in [5.74, 6) is -3.53. The molecule has 1 N–H and O–H groups in total. The first-order valence-electron chi connectivity index (χ1n) is 8.08. The molecular formula is C16H22N2O4.